The predicted octanol–water partition coefficient (Wildman–Crippen LogP) is 2.71. The number of nitro groups is 1. The van der Waals surface area contributed by atoms with E-state index in [1.807, 2.05) is 0 Å². The minimum absolute atomic E-state index is 0.237. The van der Waals surface area contributed by atoms with Gasteiger partial charge in [0.05, 0.1) is 4.92 Å². The summed E-state index contributed by atoms with van der Waals surface area (Å²) in [6.45, 7) is -0.664. The summed E-state index contributed by atoms with van der Waals surface area (Å²) in [5.74, 6) is -1.14. The van der Waals surface area contributed by atoms with E-state index in [1.165, 1.54) is 13.0 Å². The molecule has 0 N–H and O–H groups in total. The van der Waals surface area contributed by atoms with Crippen molar-refractivity contribution in [1.82, 2.24) is 0 Å². The van der Waals surface area contributed by atoms with Gasteiger partial charge in [0.2, 0.25) is 0 Å². The Bertz CT molecular complexity index is 474. The number of hydrogen-bond donors (Lipinski definition) is 0. The van der Waals surface area contributed by atoms with Crippen molar-refractivity contribution in [3.8, 4) is 5.75 Å². The molecule has 0 atom stereocenters. The summed E-state index contributed by atoms with van der Waals surface area (Å²) in [6, 6.07) is 2.34. The molecule has 0 spiro atoms. The van der Waals surface area contributed by atoms with Gasteiger partial charge in [0.15, 0.2) is 5.78 Å². The van der Waals surface area contributed by atoms with E-state index in [4.69, 9.17) is 0 Å². The molecule has 0 bridgehead atoms. The SMILES string of the molecule is CC(=O)c1c([N+](=O)[O-])ccc(C)c1OC(F)F. The molecule has 0 aromatic heterocycles. The maximum atomic E-state index is 12.2. The average Bonchev–Trinajstić information content (AvgIpc) is 2.19. The zero-order chi connectivity index (χ0) is 13.2. The lowest BCUT2D eigenvalue weighted by Gasteiger charge is -2.11. The molecule has 1 rings (SSSR count). The Balaban J connectivity index is 3.48. The largest absolute Gasteiger partial charge is 0.434 e. The van der Waals surface area contributed by atoms with Crippen LogP contribution in [0.25, 0.3) is 0 Å². The van der Waals surface area contributed by atoms with Gasteiger partial charge in [-0.15, -0.1) is 0 Å². The van der Waals surface area contributed by atoms with Gasteiger partial charge in [-0.2, -0.15) is 8.78 Å². The van der Waals surface area contributed by atoms with E-state index in [9.17, 15) is 23.7 Å². The van der Waals surface area contributed by atoms with Crippen molar-refractivity contribution in [2.45, 2.75) is 20.5 Å². The fraction of sp³-hybridized carbons (Fsp3) is 0.300. The molecule has 0 saturated carbocycles. The first-order valence-corrected chi connectivity index (χ1v) is 4.58. The molecule has 0 radical (unpaired) electrons. The van der Waals surface area contributed by atoms with Crippen molar-refractivity contribution in [3.63, 3.8) is 0 Å². The number of ether oxygens (including phenoxy) is 1. The number of ketones is 1. The van der Waals surface area contributed by atoms with E-state index < -0.39 is 34.3 Å². The first-order chi connectivity index (χ1) is 7.84. The number of nitrogens with zero attached hydrogens (tertiary/aromatic N) is 1. The minimum Gasteiger partial charge on any atom is -0.434 e. The number of benzene rings is 1. The summed E-state index contributed by atoms with van der Waals surface area (Å²) in [5, 5.41) is 10.7. The molecule has 0 aliphatic rings. The van der Waals surface area contributed by atoms with Crippen LogP contribution in [0.5, 0.6) is 5.75 Å². The maximum Gasteiger partial charge on any atom is 0.387 e. The van der Waals surface area contributed by atoms with Crippen LogP contribution in [0.4, 0.5) is 14.5 Å². The molecule has 7 heteroatoms. The molecule has 0 heterocycles. The number of aryl methyl sites for hydroxylation is 1. The zero-order valence-electron chi connectivity index (χ0n) is 9.07. The van der Waals surface area contributed by atoms with E-state index >= 15 is 0 Å². The Hall–Kier alpha value is -2.05. The molecule has 92 valence electrons. The lowest BCUT2D eigenvalue weighted by Crippen LogP contribution is -2.10. The van der Waals surface area contributed by atoms with Gasteiger partial charge in [-0.25, -0.2) is 0 Å². The second kappa shape index (κ2) is 4.86. The van der Waals surface area contributed by atoms with Gasteiger partial charge in [-0.05, 0) is 25.5 Å². The maximum absolute atomic E-state index is 12.2. The van der Waals surface area contributed by atoms with Crippen molar-refractivity contribution in [2.75, 3.05) is 0 Å². The van der Waals surface area contributed by atoms with Crippen LogP contribution in [-0.2, 0) is 0 Å². The average molecular weight is 245 g/mol. The standard InChI is InChI=1S/C10H9F2NO4/c1-5-3-4-7(13(15)16)8(6(2)14)9(5)17-10(11)12/h3-4,10H,1-2H3. The fourth-order valence-electron chi connectivity index (χ4n) is 1.41. The Morgan fingerprint density at radius 3 is 2.47 bits per heavy atom. The molecule has 0 unspecified atom stereocenters. The molecule has 17 heavy (non-hydrogen) atoms. The third-order valence-corrected chi connectivity index (χ3v) is 2.09. The van der Waals surface area contributed by atoms with E-state index in [-0.39, 0.29) is 5.56 Å². The van der Waals surface area contributed by atoms with Crippen LogP contribution in [0.15, 0.2) is 12.1 Å². The number of alkyl halides is 2. The van der Waals surface area contributed by atoms with Crippen LogP contribution in [0, 0.1) is 17.0 Å². The van der Waals surface area contributed by atoms with Crippen molar-refractivity contribution in [2.24, 2.45) is 0 Å². The lowest BCUT2D eigenvalue weighted by molar-refractivity contribution is -0.385. The summed E-state index contributed by atoms with van der Waals surface area (Å²) in [6.07, 6.45) is 0. The molecule has 1 aromatic carbocycles. The summed E-state index contributed by atoms with van der Waals surface area (Å²) in [4.78, 5) is 21.2. The quantitative estimate of drug-likeness (QED) is 0.464. The predicted molar refractivity (Wildman–Crippen MR) is 54.5 cm³/mol. The van der Waals surface area contributed by atoms with E-state index in [1.54, 1.807) is 0 Å². The van der Waals surface area contributed by atoms with E-state index in [2.05, 4.69) is 4.74 Å². The summed E-state index contributed by atoms with van der Waals surface area (Å²) >= 11 is 0. The fourth-order valence-corrected chi connectivity index (χ4v) is 1.41. The Morgan fingerprint density at radius 1 is 1.47 bits per heavy atom. The van der Waals surface area contributed by atoms with Crippen molar-refractivity contribution >= 4 is 11.5 Å². The topological polar surface area (TPSA) is 69.4 Å². The zero-order valence-corrected chi connectivity index (χ0v) is 9.07. The van der Waals surface area contributed by atoms with Gasteiger partial charge in [-0.1, -0.05) is 0 Å². The molecular weight excluding hydrogens is 236 g/mol. The molecule has 0 amide bonds. The van der Waals surface area contributed by atoms with Gasteiger partial charge in [0.1, 0.15) is 11.3 Å². The minimum atomic E-state index is -3.14. The van der Waals surface area contributed by atoms with Gasteiger partial charge < -0.3 is 4.74 Å². The highest BCUT2D eigenvalue weighted by molar-refractivity contribution is 6.01. The highest BCUT2D eigenvalue weighted by atomic mass is 19.3. The normalized spacial score (nSPS) is 10.4. The monoisotopic (exact) mass is 245 g/mol. The Morgan fingerprint density at radius 2 is 2.06 bits per heavy atom. The van der Waals surface area contributed by atoms with Gasteiger partial charge in [0, 0.05) is 6.07 Å². The Labute approximate surface area is 95.2 Å². The summed E-state index contributed by atoms with van der Waals surface area (Å²) in [7, 11) is 0. The second-order valence-corrected chi connectivity index (χ2v) is 3.30. The third kappa shape index (κ3) is 2.74. The summed E-state index contributed by atoms with van der Waals surface area (Å²) < 4.78 is 28.5. The lowest BCUT2D eigenvalue weighted by atomic mass is 10.0. The molecule has 1 aromatic rings. The van der Waals surface area contributed by atoms with Gasteiger partial charge in [0.25, 0.3) is 5.69 Å². The number of nitro benzene ring substituents is 1. The molecular formula is C10H9F2NO4. The second-order valence-electron chi connectivity index (χ2n) is 3.30. The third-order valence-electron chi connectivity index (χ3n) is 2.09. The molecule has 0 aliphatic heterocycles. The number of carbonyl (C=O) groups is 1. The number of carbonyl (C=O) groups excluding carboxylic acids is 1. The van der Waals surface area contributed by atoms with Gasteiger partial charge >= 0.3 is 6.61 Å². The van der Waals surface area contributed by atoms with Crippen LogP contribution in [-0.4, -0.2) is 17.3 Å². The molecule has 0 fully saturated rings. The number of halogens is 2. The van der Waals surface area contributed by atoms with Crippen LogP contribution in [0.2, 0.25) is 0 Å². The molecule has 5 nitrogen and oxygen atoms in total. The highest BCUT2D eigenvalue weighted by Gasteiger charge is 2.25. The van der Waals surface area contributed by atoms with Crippen LogP contribution in [0.3, 0.4) is 0 Å². The van der Waals surface area contributed by atoms with E-state index in [0.29, 0.717) is 0 Å². The molecule has 0 aliphatic carbocycles. The van der Waals surface area contributed by atoms with Crippen LogP contribution in [0.1, 0.15) is 22.8 Å². The summed E-state index contributed by atoms with van der Waals surface area (Å²) in [5.41, 5.74) is -0.741. The van der Waals surface area contributed by atoms with Crippen LogP contribution >= 0.6 is 0 Å². The van der Waals surface area contributed by atoms with Crippen molar-refractivity contribution in [1.29, 1.82) is 0 Å². The highest BCUT2D eigenvalue weighted by Crippen LogP contribution is 2.33. The first-order valence-electron chi connectivity index (χ1n) is 4.58. The smallest absolute Gasteiger partial charge is 0.387 e. The van der Waals surface area contributed by atoms with Crippen LogP contribution < -0.4 is 4.74 Å². The molecule has 0 saturated heterocycles. The first kappa shape index (κ1) is 13.0. The van der Waals surface area contributed by atoms with Crippen molar-refractivity contribution < 1.29 is 23.2 Å². The number of rotatable bonds is 4. The van der Waals surface area contributed by atoms with Gasteiger partial charge in [-0.3, -0.25) is 14.9 Å². The number of hydrogen-bond acceptors (Lipinski definition) is 4. The number of Topliss-reactive ketones (excluding diaryl/α,β-unsaturated/α-hetero) is 1. The van der Waals surface area contributed by atoms with Crippen molar-refractivity contribution in [3.05, 3.63) is 33.4 Å². The Kier molecular flexibility index (Phi) is 3.72. The van der Waals surface area contributed by atoms with E-state index in [0.717, 1.165) is 13.0 Å².